The van der Waals surface area contributed by atoms with Crippen molar-refractivity contribution in [3.05, 3.63) is 34.6 Å². The number of Topliss-reactive ketones (excluding diaryl/α,β-unsaturated/α-hetero) is 1. The minimum absolute atomic E-state index is 0.00509. The molecule has 1 nitrogen and oxygen atoms in total. The molecule has 2 unspecified atom stereocenters. The van der Waals surface area contributed by atoms with Gasteiger partial charge in [0.2, 0.25) is 0 Å². The standard InChI is InChI=1S/C13H14ClFO/c1-8-3-2-4-10(8)13(16)11-7-9(15)5-6-12(11)14/h5-8,10H,2-4H2,1H3. The molecular formula is C13H14ClFO. The van der Waals surface area contributed by atoms with Crippen LogP contribution in [0, 0.1) is 17.7 Å². The van der Waals surface area contributed by atoms with E-state index in [9.17, 15) is 9.18 Å². The molecule has 0 aromatic heterocycles. The van der Waals surface area contributed by atoms with Crippen LogP contribution in [0.3, 0.4) is 0 Å². The van der Waals surface area contributed by atoms with E-state index in [1.165, 1.54) is 18.2 Å². The molecule has 86 valence electrons. The Morgan fingerprint density at radius 1 is 1.44 bits per heavy atom. The highest BCUT2D eigenvalue weighted by Crippen LogP contribution is 2.35. The van der Waals surface area contributed by atoms with Gasteiger partial charge in [-0.3, -0.25) is 4.79 Å². The van der Waals surface area contributed by atoms with Crippen LogP contribution in [0.2, 0.25) is 5.02 Å². The lowest BCUT2D eigenvalue weighted by atomic mass is 9.89. The van der Waals surface area contributed by atoms with Crippen LogP contribution in [0.4, 0.5) is 4.39 Å². The second-order valence-corrected chi connectivity index (χ2v) is 4.91. The van der Waals surface area contributed by atoms with Gasteiger partial charge in [-0.05, 0) is 37.0 Å². The van der Waals surface area contributed by atoms with E-state index in [1.54, 1.807) is 0 Å². The number of hydrogen-bond donors (Lipinski definition) is 0. The van der Waals surface area contributed by atoms with Crippen molar-refractivity contribution in [3.8, 4) is 0 Å². The van der Waals surface area contributed by atoms with E-state index in [4.69, 9.17) is 11.6 Å². The molecule has 1 fully saturated rings. The van der Waals surface area contributed by atoms with Gasteiger partial charge in [0, 0.05) is 11.5 Å². The van der Waals surface area contributed by atoms with Gasteiger partial charge in [0.05, 0.1) is 5.02 Å². The molecule has 0 heterocycles. The molecule has 0 saturated heterocycles. The van der Waals surface area contributed by atoms with Crippen LogP contribution in [-0.4, -0.2) is 5.78 Å². The summed E-state index contributed by atoms with van der Waals surface area (Å²) < 4.78 is 13.1. The van der Waals surface area contributed by atoms with Crippen molar-refractivity contribution in [1.82, 2.24) is 0 Å². The van der Waals surface area contributed by atoms with Crippen molar-refractivity contribution in [2.75, 3.05) is 0 Å². The molecule has 0 amide bonds. The maximum atomic E-state index is 13.1. The van der Waals surface area contributed by atoms with Crippen molar-refractivity contribution in [1.29, 1.82) is 0 Å². The van der Waals surface area contributed by atoms with Crippen LogP contribution in [-0.2, 0) is 0 Å². The number of ketones is 1. The van der Waals surface area contributed by atoms with Crippen molar-refractivity contribution < 1.29 is 9.18 Å². The molecular weight excluding hydrogens is 227 g/mol. The number of carbonyl (C=O) groups excluding carboxylic acids is 1. The summed E-state index contributed by atoms with van der Waals surface area (Å²) in [5.74, 6) is -0.0148. The zero-order valence-electron chi connectivity index (χ0n) is 9.17. The van der Waals surface area contributed by atoms with Gasteiger partial charge < -0.3 is 0 Å². The first kappa shape index (κ1) is 11.6. The first-order chi connectivity index (χ1) is 7.59. The first-order valence-electron chi connectivity index (χ1n) is 5.59. The monoisotopic (exact) mass is 240 g/mol. The minimum atomic E-state index is -0.404. The molecule has 0 bridgehead atoms. The molecule has 0 spiro atoms. The minimum Gasteiger partial charge on any atom is -0.294 e. The van der Waals surface area contributed by atoms with Crippen LogP contribution in [0.5, 0.6) is 0 Å². The fraction of sp³-hybridized carbons (Fsp3) is 0.462. The SMILES string of the molecule is CC1CCCC1C(=O)c1cc(F)ccc1Cl. The lowest BCUT2D eigenvalue weighted by molar-refractivity contribution is 0.0897. The molecule has 0 aliphatic heterocycles. The van der Waals surface area contributed by atoms with Crippen LogP contribution >= 0.6 is 11.6 Å². The van der Waals surface area contributed by atoms with Crippen LogP contribution in [0.15, 0.2) is 18.2 Å². The summed E-state index contributed by atoms with van der Waals surface area (Å²) in [5.41, 5.74) is 0.334. The second kappa shape index (κ2) is 4.54. The van der Waals surface area contributed by atoms with Gasteiger partial charge in [-0.1, -0.05) is 24.9 Å². The lowest BCUT2D eigenvalue weighted by Crippen LogP contribution is -2.17. The molecule has 1 aliphatic carbocycles. The molecule has 0 N–H and O–H groups in total. The Morgan fingerprint density at radius 3 is 2.81 bits per heavy atom. The Morgan fingerprint density at radius 2 is 2.19 bits per heavy atom. The quantitative estimate of drug-likeness (QED) is 0.712. The van der Waals surface area contributed by atoms with Gasteiger partial charge in [0.25, 0.3) is 0 Å². The van der Waals surface area contributed by atoms with Gasteiger partial charge in [-0.15, -0.1) is 0 Å². The normalized spacial score (nSPS) is 24.7. The van der Waals surface area contributed by atoms with Crippen molar-refractivity contribution in [2.24, 2.45) is 11.8 Å². The van der Waals surface area contributed by atoms with E-state index in [2.05, 4.69) is 6.92 Å². The Labute approximate surface area is 99.6 Å². The third kappa shape index (κ3) is 2.12. The third-order valence-corrected chi connectivity index (χ3v) is 3.72. The highest BCUT2D eigenvalue weighted by atomic mass is 35.5. The number of rotatable bonds is 2. The summed E-state index contributed by atoms with van der Waals surface area (Å²) in [7, 11) is 0. The maximum absolute atomic E-state index is 13.1. The molecule has 2 rings (SSSR count). The van der Waals surface area contributed by atoms with Gasteiger partial charge in [0.1, 0.15) is 5.82 Å². The number of carbonyl (C=O) groups is 1. The fourth-order valence-corrected chi connectivity index (χ4v) is 2.63. The highest BCUT2D eigenvalue weighted by Gasteiger charge is 2.31. The molecule has 1 aliphatic rings. The summed E-state index contributed by atoms with van der Waals surface area (Å²) in [6.45, 7) is 2.07. The highest BCUT2D eigenvalue weighted by molar-refractivity contribution is 6.34. The van der Waals surface area contributed by atoms with Crippen LogP contribution in [0.1, 0.15) is 36.5 Å². The Kier molecular flexibility index (Phi) is 3.29. The fourth-order valence-electron chi connectivity index (χ4n) is 2.42. The lowest BCUT2D eigenvalue weighted by Gasteiger charge is -2.14. The molecule has 2 atom stereocenters. The summed E-state index contributed by atoms with van der Waals surface area (Å²) in [6.07, 6.45) is 3.04. The maximum Gasteiger partial charge on any atom is 0.167 e. The largest absolute Gasteiger partial charge is 0.294 e. The van der Waals surface area contributed by atoms with Crippen LogP contribution < -0.4 is 0 Å². The van der Waals surface area contributed by atoms with Crippen molar-refractivity contribution in [2.45, 2.75) is 26.2 Å². The van der Waals surface area contributed by atoms with Gasteiger partial charge in [-0.25, -0.2) is 4.39 Å². The van der Waals surface area contributed by atoms with Gasteiger partial charge in [-0.2, -0.15) is 0 Å². The Bertz CT molecular complexity index is 416. The van der Waals surface area contributed by atoms with Crippen molar-refractivity contribution in [3.63, 3.8) is 0 Å². The van der Waals surface area contributed by atoms with Crippen molar-refractivity contribution >= 4 is 17.4 Å². The zero-order chi connectivity index (χ0) is 11.7. The van der Waals surface area contributed by atoms with Gasteiger partial charge in [0.15, 0.2) is 5.78 Å². The molecule has 1 aromatic carbocycles. The third-order valence-electron chi connectivity index (χ3n) is 3.39. The Hall–Kier alpha value is -0.890. The average Bonchev–Trinajstić information content (AvgIpc) is 2.67. The predicted molar refractivity (Wildman–Crippen MR) is 62.2 cm³/mol. The van der Waals surface area contributed by atoms with E-state index >= 15 is 0 Å². The van der Waals surface area contributed by atoms with E-state index in [1.807, 2.05) is 0 Å². The van der Waals surface area contributed by atoms with Gasteiger partial charge >= 0.3 is 0 Å². The molecule has 0 radical (unpaired) electrons. The number of hydrogen-bond acceptors (Lipinski definition) is 1. The van der Waals surface area contributed by atoms with E-state index in [0.717, 1.165) is 19.3 Å². The molecule has 3 heteroatoms. The second-order valence-electron chi connectivity index (χ2n) is 4.50. The Balaban J connectivity index is 2.29. The molecule has 16 heavy (non-hydrogen) atoms. The smallest absolute Gasteiger partial charge is 0.167 e. The first-order valence-corrected chi connectivity index (χ1v) is 5.96. The zero-order valence-corrected chi connectivity index (χ0v) is 9.93. The average molecular weight is 241 g/mol. The number of halogens is 2. The summed E-state index contributed by atoms with van der Waals surface area (Å²) in [6, 6.07) is 3.97. The topological polar surface area (TPSA) is 17.1 Å². The molecule has 1 saturated carbocycles. The molecule has 1 aromatic rings. The number of benzene rings is 1. The van der Waals surface area contributed by atoms with E-state index in [0.29, 0.717) is 16.5 Å². The summed E-state index contributed by atoms with van der Waals surface area (Å²) >= 11 is 5.93. The summed E-state index contributed by atoms with van der Waals surface area (Å²) in [4.78, 5) is 12.2. The van der Waals surface area contributed by atoms with E-state index in [-0.39, 0.29) is 11.7 Å². The van der Waals surface area contributed by atoms with E-state index < -0.39 is 5.82 Å². The predicted octanol–water partition coefficient (Wildman–Crippen LogP) is 4.10. The summed E-state index contributed by atoms with van der Waals surface area (Å²) in [5, 5.41) is 0.352. The van der Waals surface area contributed by atoms with Crippen LogP contribution in [0.25, 0.3) is 0 Å².